The second-order valence-corrected chi connectivity index (χ2v) is 9.90. The summed E-state index contributed by atoms with van der Waals surface area (Å²) in [5.74, 6) is -0.853. The molecule has 4 rings (SSSR count). The zero-order valence-corrected chi connectivity index (χ0v) is 19.0. The van der Waals surface area contributed by atoms with Gasteiger partial charge in [-0.2, -0.15) is 4.31 Å². The van der Waals surface area contributed by atoms with E-state index in [9.17, 15) is 17.6 Å². The fourth-order valence-corrected chi connectivity index (χ4v) is 5.58. The molecular weight excluding hydrogens is 443 g/mol. The van der Waals surface area contributed by atoms with Crippen molar-refractivity contribution in [2.24, 2.45) is 5.92 Å². The van der Waals surface area contributed by atoms with Crippen LogP contribution in [0.5, 0.6) is 5.75 Å². The number of carbonyl (C=O) groups is 1. The van der Waals surface area contributed by atoms with E-state index in [1.54, 1.807) is 24.3 Å². The maximum absolute atomic E-state index is 13.3. The van der Waals surface area contributed by atoms with Gasteiger partial charge in [0.05, 0.1) is 17.9 Å². The molecule has 0 bridgehead atoms. The van der Waals surface area contributed by atoms with Crippen molar-refractivity contribution < 1.29 is 22.3 Å². The minimum Gasteiger partial charge on any atom is -0.497 e. The molecule has 0 unspecified atom stereocenters. The number of nitrogens with one attached hydrogen (secondary N) is 1. The number of methoxy groups -OCH3 is 1. The number of halogens is 1. The van der Waals surface area contributed by atoms with Crippen molar-refractivity contribution >= 4 is 15.9 Å². The molecule has 0 radical (unpaired) electrons. The van der Waals surface area contributed by atoms with Crippen molar-refractivity contribution in [3.05, 3.63) is 95.8 Å². The topological polar surface area (TPSA) is 75.7 Å². The Bertz CT molecular complexity index is 1200. The molecule has 0 saturated carbocycles. The summed E-state index contributed by atoms with van der Waals surface area (Å²) in [5.41, 5.74) is 1.67. The van der Waals surface area contributed by atoms with Crippen LogP contribution < -0.4 is 10.1 Å². The van der Waals surface area contributed by atoms with Gasteiger partial charge in [-0.15, -0.1) is 0 Å². The molecule has 3 aromatic rings. The molecule has 0 spiro atoms. The van der Waals surface area contributed by atoms with Gasteiger partial charge in [0.25, 0.3) is 0 Å². The number of rotatable bonds is 7. The van der Waals surface area contributed by atoms with Crippen molar-refractivity contribution in [2.75, 3.05) is 20.2 Å². The standard InChI is InChI=1S/C25H25FN2O4S/c1-32-21-11-13-22(14-12-21)33(30,31)28-16-23(19-5-3-2-4-6-19)24(17-28)25(29)27-15-18-7-9-20(26)10-8-18/h2-14,23-24H,15-17H2,1H3,(H,27,29)/t23-,24-/m0/s1. The van der Waals surface area contributed by atoms with Gasteiger partial charge >= 0.3 is 0 Å². The number of amides is 1. The second kappa shape index (κ2) is 9.72. The van der Waals surface area contributed by atoms with Gasteiger partial charge in [0, 0.05) is 25.6 Å². The number of sulfonamides is 1. The summed E-state index contributed by atoms with van der Waals surface area (Å²) in [7, 11) is -2.27. The fraction of sp³-hybridized carbons (Fsp3) is 0.240. The molecule has 0 aliphatic carbocycles. The average Bonchev–Trinajstić information content (AvgIpc) is 3.31. The van der Waals surface area contributed by atoms with Gasteiger partial charge in [-0.05, 0) is 47.5 Å². The molecule has 1 saturated heterocycles. The number of carbonyl (C=O) groups excluding carboxylic acids is 1. The molecule has 3 aromatic carbocycles. The first-order valence-electron chi connectivity index (χ1n) is 10.6. The fourth-order valence-electron chi connectivity index (χ4n) is 4.09. The first kappa shape index (κ1) is 22.9. The molecular formula is C25H25FN2O4S. The van der Waals surface area contributed by atoms with Crippen LogP contribution in [0.2, 0.25) is 0 Å². The molecule has 1 fully saturated rings. The van der Waals surface area contributed by atoms with Crippen molar-refractivity contribution in [1.29, 1.82) is 0 Å². The molecule has 0 aromatic heterocycles. The van der Waals surface area contributed by atoms with Crippen LogP contribution in [0.25, 0.3) is 0 Å². The summed E-state index contributed by atoms with van der Waals surface area (Å²) in [6.45, 7) is 0.512. The monoisotopic (exact) mass is 468 g/mol. The number of hydrogen-bond donors (Lipinski definition) is 1. The van der Waals surface area contributed by atoms with E-state index in [0.717, 1.165) is 11.1 Å². The third-order valence-corrected chi connectivity index (χ3v) is 7.77. The predicted octanol–water partition coefficient (Wildman–Crippen LogP) is 3.56. The lowest BCUT2D eigenvalue weighted by Gasteiger charge is -2.18. The highest BCUT2D eigenvalue weighted by atomic mass is 32.2. The molecule has 6 nitrogen and oxygen atoms in total. The highest BCUT2D eigenvalue weighted by Crippen LogP contribution is 2.36. The molecule has 1 aliphatic heterocycles. The van der Waals surface area contributed by atoms with Gasteiger partial charge < -0.3 is 10.1 Å². The maximum atomic E-state index is 13.3. The van der Waals surface area contributed by atoms with Crippen LogP contribution in [0, 0.1) is 11.7 Å². The summed E-state index contributed by atoms with van der Waals surface area (Å²) < 4.78 is 46.3. The predicted molar refractivity (Wildman–Crippen MR) is 123 cm³/mol. The Hall–Kier alpha value is -3.23. The van der Waals surface area contributed by atoms with E-state index in [4.69, 9.17) is 4.74 Å². The Kier molecular flexibility index (Phi) is 6.76. The molecule has 1 N–H and O–H groups in total. The zero-order valence-electron chi connectivity index (χ0n) is 18.1. The van der Waals surface area contributed by atoms with Gasteiger partial charge in [0.15, 0.2) is 0 Å². The minimum atomic E-state index is -3.79. The maximum Gasteiger partial charge on any atom is 0.243 e. The molecule has 33 heavy (non-hydrogen) atoms. The summed E-state index contributed by atoms with van der Waals surface area (Å²) in [4.78, 5) is 13.3. The van der Waals surface area contributed by atoms with Gasteiger partial charge in [-0.1, -0.05) is 42.5 Å². The molecule has 1 aliphatic rings. The second-order valence-electron chi connectivity index (χ2n) is 7.97. The highest BCUT2D eigenvalue weighted by Gasteiger charge is 2.43. The number of hydrogen-bond acceptors (Lipinski definition) is 4. The molecule has 2 atom stereocenters. The highest BCUT2D eigenvalue weighted by molar-refractivity contribution is 7.89. The van der Waals surface area contributed by atoms with Crippen molar-refractivity contribution in [1.82, 2.24) is 9.62 Å². The van der Waals surface area contributed by atoms with Crippen LogP contribution in [0.1, 0.15) is 17.0 Å². The number of ether oxygens (including phenoxy) is 1. The van der Waals surface area contributed by atoms with Crippen LogP contribution in [-0.2, 0) is 21.4 Å². The molecule has 172 valence electrons. The van der Waals surface area contributed by atoms with Crippen molar-refractivity contribution in [3.8, 4) is 5.75 Å². The van der Waals surface area contributed by atoms with E-state index in [1.807, 2.05) is 30.3 Å². The lowest BCUT2D eigenvalue weighted by atomic mass is 9.88. The smallest absolute Gasteiger partial charge is 0.243 e. The molecule has 8 heteroatoms. The van der Waals surface area contributed by atoms with E-state index < -0.39 is 15.9 Å². The quantitative estimate of drug-likeness (QED) is 0.575. The lowest BCUT2D eigenvalue weighted by Crippen LogP contribution is -2.35. The first-order chi connectivity index (χ1) is 15.9. The average molecular weight is 469 g/mol. The largest absolute Gasteiger partial charge is 0.497 e. The number of nitrogens with zero attached hydrogens (tertiary/aromatic N) is 1. The van der Waals surface area contributed by atoms with E-state index in [-0.39, 0.29) is 42.2 Å². The van der Waals surface area contributed by atoms with Gasteiger partial charge in [-0.25, -0.2) is 12.8 Å². The van der Waals surface area contributed by atoms with Crippen LogP contribution in [0.3, 0.4) is 0 Å². The van der Waals surface area contributed by atoms with Crippen LogP contribution in [-0.4, -0.2) is 38.8 Å². The van der Waals surface area contributed by atoms with Crippen LogP contribution in [0.15, 0.2) is 83.8 Å². The Morgan fingerprint density at radius 1 is 1.00 bits per heavy atom. The zero-order chi connectivity index (χ0) is 23.4. The van der Waals surface area contributed by atoms with E-state index in [1.165, 1.54) is 35.7 Å². The van der Waals surface area contributed by atoms with E-state index >= 15 is 0 Å². The summed E-state index contributed by atoms with van der Waals surface area (Å²) in [6.07, 6.45) is 0. The SMILES string of the molecule is COc1ccc(S(=O)(=O)N2C[C@H](C(=O)NCc3ccc(F)cc3)[C@H](c3ccccc3)C2)cc1. The Balaban J connectivity index is 1.56. The van der Waals surface area contributed by atoms with Gasteiger partial charge in [0.1, 0.15) is 11.6 Å². The summed E-state index contributed by atoms with van der Waals surface area (Å²) >= 11 is 0. The Morgan fingerprint density at radius 2 is 1.67 bits per heavy atom. The van der Waals surface area contributed by atoms with Crippen LogP contribution >= 0.6 is 0 Å². The lowest BCUT2D eigenvalue weighted by molar-refractivity contribution is -0.125. The third kappa shape index (κ3) is 5.07. The Labute approximate surface area is 193 Å². The molecule has 1 heterocycles. The summed E-state index contributed by atoms with van der Waals surface area (Å²) in [6, 6.07) is 21.6. The third-order valence-electron chi connectivity index (χ3n) is 5.93. The van der Waals surface area contributed by atoms with E-state index in [0.29, 0.717) is 5.75 Å². The van der Waals surface area contributed by atoms with Gasteiger partial charge in [0.2, 0.25) is 15.9 Å². The van der Waals surface area contributed by atoms with Crippen molar-refractivity contribution in [3.63, 3.8) is 0 Å². The van der Waals surface area contributed by atoms with Gasteiger partial charge in [-0.3, -0.25) is 4.79 Å². The van der Waals surface area contributed by atoms with Crippen LogP contribution in [0.4, 0.5) is 4.39 Å². The van der Waals surface area contributed by atoms with E-state index in [2.05, 4.69) is 5.32 Å². The molecule has 1 amide bonds. The summed E-state index contributed by atoms with van der Waals surface area (Å²) in [5, 5.41) is 2.89. The number of benzene rings is 3. The van der Waals surface area contributed by atoms with Crippen molar-refractivity contribution in [2.45, 2.75) is 17.4 Å². The Morgan fingerprint density at radius 3 is 2.30 bits per heavy atom. The minimum absolute atomic E-state index is 0.0726. The normalized spacial score (nSPS) is 18.7. The first-order valence-corrected chi connectivity index (χ1v) is 12.0.